The quantitative estimate of drug-likeness (QED) is 0.147. The molecular weight excluding hydrogens is 554 g/mol. The Morgan fingerprint density at radius 2 is 1.55 bits per heavy atom. The smallest absolute Gasteiger partial charge is 0.158 e. The molecule has 44 heavy (non-hydrogen) atoms. The molecule has 2 fully saturated rings. The third kappa shape index (κ3) is 8.20. The van der Waals surface area contributed by atoms with Gasteiger partial charge in [0.05, 0.1) is 17.6 Å². The lowest BCUT2D eigenvalue weighted by atomic mass is 9.97. The molecule has 1 unspecified atom stereocenters. The van der Waals surface area contributed by atoms with E-state index in [0.29, 0.717) is 6.61 Å². The minimum Gasteiger partial charge on any atom is -0.387 e. The van der Waals surface area contributed by atoms with E-state index in [9.17, 15) is 10.2 Å². The van der Waals surface area contributed by atoms with Crippen molar-refractivity contribution in [3.8, 4) is 11.4 Å². The Labute approximate surface area is 263 Å². The van der Waals surface area contributed by atoms with Gasteiger partial charge in [0.2, 0.25) is 0 Å². The number of hydrogen-bond acceptors (Lipinski definition) is 7. The lowest BCUT2D eigenvalue weighted by Crippen LogP contribution is -2.64. The van der Waals surface area contributed by atoms with Crippen LogP contribution >= 0.6 is 0 Å². The molecule has 3 aromatic rings. The molecule has 1 aromatic heterocycles. The van der Waals surface area contributed by atoms with E-state index in [2.05, 4.69) is 61.0 Å². The van der Waals surface area contributed by atoms with Gasteiger partial charge in [0, 0.05) is 17.8 Å². The fourth-order valence-corrected chi connectivity index (χ4v) is 6.49. The number of unbranched alkanes of at least 4 members (excludes halogenated alkanes) is 9. The number of nitrogens with zero attached hydrogens (tertiary/aromatic N) is 2. The molecule has 0 saturated carbocycles. The van der Waals surface area contributed by atoms with E-state index >= 15 is 0 Å². The second-order valence-corrected chi connectivity index (χ2v) is 12.7. The van der Waals surface area contributed by atoms with Crippen LogP contribution in [-0.4, -0.2) is 63.3 Å². The normalized spacial score (nSPS) is 25.3. The van der Waals surface area contributed by atoms with Crippen molar-refractivity contribution in [1.29, 1.82) is 0 Å². The maximum atomic E-state index is 10.8. The van der Waals surface area contributed by atoms with Gasteiger partial charge in [-0.05, 0) is 61.7 Å². The van der Waals surface area contributed by atoms with Gasteiger partial charge in [0.15, 0.2) is 12.5 Å². The molecule has 0 amide bonds. The van der Waals surface area contributed by atoms with Crippen molar-refractivity contribution in [2.45, 2.75) is 141 Å². The Hall–Kier alpha value is -2.49. The minimum absolute atomic E-state index is 0.324. The third-order valence-electron chi connectivity index (χ3n) is 9.06. The summed E-state index contributed by atoms with van der Waals surface area (Å²) >= 11 is 0. The second kappa shape index (κ2) is 16.2. The summed E-state index contributed by atoms with van der Waals surface area (Å²) in [6.45, 7) is 7.70. The van der Waals surface area contributed by atoms with Crippen LogP contribution in [0.4, 0.5) is 5.69 Å². The number of rotatable bonds is 16. The van der Waals surface area contributed by atoms with Crippen LogP contribution in [0.1, 0.15) is 96.5 Å². The van der Waals surface area contributed by atoms with Gasteiger partial charge in [-0.2, -0.15) is 0 Å². The lowest BCUT2D eigenvalue weighted by Gasteiger charge is -2.46. The zero-order valence-electron chi connectivity index (χ0n) is 26.9. The molecule has 8 nitrogen and oxygen atoms in total. The van der Waals surface area contributed by atoms with Gasteiger partial charge in [-0.1, -0.05) is 84.1 Å². The number of ether oxygens (including phenoxy) is 3. The van der Waals surface area contributed by atoms with E-state index in [1.807, 2.05) is 12.1 Å². The molecule has 2 aliphatic rings. The van der Waals surface area contributed by atoms with Crippen LogP contribution in [0.15, 0.2) is 42.5 Å². The van der Waals surface area contributed by atoms with Crippen LogP contribution in [0, 0.1) is 6.92 Å². The van der Waals surface area contributed by atoms with Crippen LogP contribution in [0.3, 0.4) is 0 Å². The summed E-state index contributed by atoms with van der Waals surface area (Å²) in [6.07, 6.45) is 10.4. The molecule has 5 rings (SSSR count). The lowest BCUT2D eigenvalue weighted by molar-refractivity contribution is -0.322. The van der Waals surface area contributed by atoms with Crippen LogP contribution in [0.2, 0.25) is 0 Å². The fourth-order valence-electron chi connectivity index (χ4n) is 6.49. The summed E-state index contributed by atoms with van der Waals surface area (Å²) in [6, 6.07) is 14.6. The van der Waals surface area contributed by atoms with Crippen molar-refractivity contribution in [3.05, 3.63) is 48.0 Å². The molecule has 6 atom stereocenters. The predicted molar refractivity (Wildman–Crippen MR) is 176 cm³/mol. The van der Waals surface area contributed by atoms with Gasteiger partial charge in [0.25, 0.3) is 0 Å². The number of benzene rings is 2. The number of imidazole rings is 1. The summed E-state index contributed by atoms with van der Waals surface area (Å²) in [7, 11) is 0. The average molecular weight is 608 g/mol. The van der Waals surface area contributed by atoms with Crippen molar-refractivity contribution in [3.63, 3.8) is 0 Å². The maximum Gasteiger partial charge on any atom is 0.158 e. The molecule has 0 bridgehead atoms. The molecule has 3 N–H and O–H groups in total. The van der Waals surface area contributed by atoms with Crippen molar-refractivity contribution in [1.82, 2.24) is 9.55 Å². The molecule has 0 radical (unpaired) electrons. The zero-order chi connectivity index (χ0) is 30.9. The fraction of sp³-hybridized carbons (Fsp3) is 0.639. The number of anilines is 1. The Bertz CT molecular complexity index is 1290. The number of aryl methyl sites for hydroxylation is 2. The number of aliphatic hydroxyl groups excluding tert-OH is 2. The number of aromatic nitrogens is 2. The first-order valence-corrected chi connectivity index (χ1v) is 17.1. The van der Waals surface area contributed by atoms with Crippen molar-refractivity contribution in [2.24, 2.45) is 0 Å². The molecule has 2 aliphatic heterocycles. The van der Waals surface area contributed by atoms with Crippen molar-refractivity contribution >= 4 is 16.7 Å². The van der Waals surface area contributed by atoms with E-state index in [1.54, 1.807) is 0 Å². The Balaban J connectivity index is 1.20. The van der Waals surface area contributed by atoms with E-state index in [-0.39, 0.29) is 6.29 Å². The summed E-state index contributed by atoms with van der Waals surface area (Å²) in [5.74, 6) is 0.971. The SMILES string of the molecule is CCCCCCCCCCCCn1c(-c2ccc(N[C@@H]3O[C@@H]4COC(CCC)O[C@H]4[C@H](O)[C@H]3O)cc2)nc2cc(C)ccc21. The largest absolute Gasteiger partial charge is 0.387 e. The Morgan fingerprint density at radius 3 is 2.25 bits per heavy atom. The molecule has 0 spiro atoms. The highest BCUT2D eigenvalue weighted by Crippen LogP contribution is 2.32. The molecule has 3 heterocycles. The van der Waals surface area contributed by atoms with Crippen LogP contribution in [0.5, 0.6) is 0 Å². The number of nitrogens with one attached hydrogen (secondary N) is 1. The highest BCUT2D eigenvalue weighted by atomic mass is 16.7. The standard InChI is InChI=1S/C36H53N3O5/c1-4-6-7-8-9-10-11-12-13-14-22-39-29-21-16-25(3)23-28(29)38-35(39)26-17-19-27(20-18-26)37-36-33(41)32(40)34-30(43-36)24-42-31(44-34)15-5-2/h16-21,23,30-34,36-37,40-41H,4-15,22,24H2,1-3H3/t30-,31?,32-,33-,34-,36-/m1/s1. The first-order valence-electron chi connectivity index (χ1n) is 17.1. The van der Waals surface area contributed by atoms with Crippen molar-refractivity contribution < 1.29 is 24.4 Å². The first-order chi connectivity index (χ1) is 21.5. The first kappa shape index (κ1) is 32.9. The summed E-state index contributed by atoms with van der Waals surface area (Å²) < 4.78 is 20.1. The van der Waals surface area contributed by atoms with Gasteiger partial charge < -0.3 is 34.3 Å². The van der Waals surface area contributed by atoms with Gasteiger partial charge in [-0.25, -0.2) is 4.98 Å². The van der Waals surface area contributed by atoms with Gasteiger partial charge >= 0.3 is 0 Å². The number of fused-ring (bicyclic) bond motifs is 2. The number of hydrogen-bond donors (Lipinski definition) is 3. The maximum absolute atomic E-state index is 10.8. The molecule has 242 valence electrons. The van der Waals surface area contributed by atoms with E-state index in [1.165, 1.54) is 68.9 Å². The van der Waals surface area contributed by atoms with Crippen LogP contribution < -0.4 is 5.32 Å². The Morgan fingerprint density at radius 1 is 0.841 bits per heavy atom. The highest BCUT2D eigenvalue weighted by molar-refractivity contribution is 5.81. The third-order valence-corrected chi connectivity index (χ3v) is 9.06. The molecule has 2 saturated heterocycles. The van der Waals surface area contributed by atoms with E-state index < -0.39 is 30.6 Å². The zero-order valence-corrected chi connectivity index (χ0v) is 26.9. The number of aliphatic hydroxyl groups is 2. The van der Waals surface area contributed by atoms with E-state index in [0.717, 1.165) is 48.4 Å². The predicted octanol–water partition coefficient (Wildman–Crippen LogP) is 7.33. The van der Waals surface area contributed by atoms with Gasteiger partial charge in [-0.15, -0.1) is 0 Å². The minimum atomic E-state index is -1.13. The van der Waals surface area contributed by atoms with Gasteiger partial charge in [-0.3, -0.25) is 0 Å². The molecule has 8 heteroatoms. The molecule has 2 aromatic carbocycles. The summed E-state index contributed by atoms with van der Waals surface area (Å²) in [5.41, 5.74) is 5.23. The topological polar surface area (TPSA) is 98.0 Å². The monoisotopic (exact) mass is 607 g/mol. The Kier molecular flexibility index (Phi) is 12.1. The molecule has 0 aliphatic carbocycles. The van der Waals surface area contributed by atoms with Crippen LogP contribution in [0.25, 0.3) is 22.4 Å². The summed E-state index contributed by atoms with van der Waals surface area (Å²) in [5, 5.41) is 24.9. The summed E-state index contributed by atoms with van der Waals surface area (Å²) in [4.78, 5) is 5.06. The van der Waals surface area contributed by atoms with Gasteiger partial charge in [0.1, 0.15) is 30.2 Å². The second-order valence-electron chi connectivity index (χ2n) is 12.7. The van der Waals surface area contributed by atoms with E-state index in [4.69, 9.17) is 19.2 Å². The molecular formula is C36H53N3O5. The average Bonchev–Trinajstić information content (AvgIpc) is 3.38. The van der Waals surface area contributed by atoms with Crippen molar-refractivity contribution in [2.75, 3.05) is 11.9 Å². The highest BCUT2D eigenvalue weighted by Gasteiger charge is 2.48. The van der Waals surface area contributed by atoms with Crippen LogP contribution in [-0.2, 0) is 20.8 Å².